The number of nitrogens with zero attached hydrogens (tertiary/aromatic N) is 1. The van der Waals surface area contributed by atoms with Crippen LogP contribution in [-0.2, 0) is 0 Å². The Labute approximate surface area is 95.7 Å². The summed E-state index contributed by atoms with van der Waals surface area (Å²) in [5.74, 6) is 1.16. The van der Waals surface area contributed by atoms with Gasteiger partial charge in [0, 0.05) is 6.42 Å². The summed E-state index contributed by atoms with van der Waals surface area (Å²) in [6.07, 6.45) is 2.36. The molecule has 4 heteroatoms. The zero-order valence-corrected chi connectivity index (χ0v) is 9.52. The van der Waals surface area contributed by atoms with E-state index in [2.05, 4.69) is 5.16 Å². The van der Waals surface area contributed by atoms with Gasteiger partial charge in [-0.15, -0.1) is 0 Å². The van der Waals surface area contributed by atoms with E-state index in [9.17, 15) is 0 Å². The minimum atomic E-state index is 0.273. The molecule has 0 aliphatic carbocycles. The van der Waals surface area contributed by atoms with Crippen LogP contribution >= 0.6 is 0 Å². The predicted molar refractivity (Wildman–Crippen MR) is 63.9 cm³/mol. The monoisotopic (exact) mass is 222 g/mol. The summed E-state index contributed by atoms with van der Waals surface area (Å²) < 4.78 is 5.53. The molecule has 16 heavy (non-hydrogen) atoms. The van der Waals surface area contributed by atoms with E-state index in [1.165, 1.54) is 5.56 Å². The van der Waals surface area contributed by atoms with Crippen molar-refractivity contribution < 1.29 is 9.94 Å². The first kappa shape index (κ1) is 12.4. The number of rotatable bonds is 6. The van der Waals surface area contributed by atoms with E-state index in [1.54, 1.807) is 0 Å². The van der Waals surface area contributed by atoms with E-state index in [-0.39, 0.29) is 5.84 Å². The summed E-state index contributed by atoms with van der Waals surface area (Å²) in [4.78, 5) is 0. The first-order valence-electron chi connectivity index (χ1n) is 5.38. The Balaban J connectivity index is 2.14. The fourth-order valence-corrected chi connectivity index (χ4v) is 1.28. The van der Waals surface area contributed by atoms with Crippen LogP contribution in [0.25, 0.3) is 0 Å². The van der Waals surface area contributed by atoms with E-state index in [4.69, 9.17) is 15.7 Å². The van der Waals surface area contributed by atoms with Crippen molar-refractivity contribution in [3.05, 3.63) is 29.8 Å². The summed E-state index contributed by atoms with van der Waals surface area (Å²) >= 11 is 0. The van der Waals surface area contributed by atoms with E-state index >= 15 is 0 Å². The minimum Gasteiger partial charge on any atom is -0.494 e. The summed E-state index contributed by atoms with van der Waals surface area (Å²) in [5.41, 5.74) is 6.56. The molecule has 0 heterocycles. The zero-order valence-electron chi connectivity index (χ0n) is 9.52. The van der Waals surface area contributed by atoms with Crippen LogP contribution in [0.4, 0.5) is 0 Å². The fourth-order valence-electron chi connectivity index (χ4n) is 1.28. The topological polar surface area (TPSA) is 67.8 Å². The van der Waals surface area contributed by atoms with Gasteiger partial charge in [-0.2, -0.15) is 0 Å². The van der Waals surface area contributed by atoms with E-state index in [0.29, 0.717) is 13.0 Å². The second-order valence-corrected chi connectivity index (χ2v) is 3.71. The first-order valence-corrected chi connectivity index (χ1v) is 5.38. The van der Waals surface area contributed by atoms with Crippen LogP contribution in [0.15, 0.2) is 29.4 Å². The summed E-state index contributed by atoms with van der Waals surface area (Å²) in [6.45, 7) is 2.70. The lowest BCUT2D eigenvalue weighted by Crippen LogP contribution is -2.11. The minimum absolute atomic E-state index is 0.273. The van der Waals surface area contributed by atoms with Crippen LogP contribution in [-0.4, -0.2) is 17.6 Å². The highest BCUT2D eigenvalue weighted by Crippen LogP contribution is 2.11. The van der Waals surface area contributed by atoms with Crippen molar-refractivity contribution in [2.24, 2.45) is 10.9 Å². The van der Waals surface area contributed by atoms with Crippen molar-refractivity contribution in [3.8, 4) is 5.75 Å². The highest BCUT2D eigenvalue weighted by atomic mass is 16.5. The van der Waals surface area contributed by atoms with Gasteiger partial charge in [0.15, 0.2) is 0 Å². The third-order valence-electron chi connectivity index (χ3n) is 2.25. The van der Waals surface area contributed by atoms with Crippen molar-refractivity contribution in [3.63, 3.8) is 0 Å². The number of hydrogen-bond donors (Lipinski definition) is 2. The van der Waals surface area contributed by atoms with Crippen molar-refractivity contribution in [2.75, 3.05) is 6.61 Å². The van der Waals surface area contributed by atoms with Crippen LogP contribution in [0.5, 0.6) is 5.75 Å². The third kappa shape index (κ3) is 4.68. The van der Waals surface area contributed by atoms with E-state index in [1.807, 2.05) is 31.2 Å². The van der Waals surface area contributed by atoms with Gasteiger partial charge in [-0.3, -0.25) is 0 Å². The molecule has 0 spiro atoms. The molecule has 0 aromatic heterocycles. The molecule has 0 saturated carbocycles. The van der Waals surface area contributed by atoms with Crippen LogP contribution < -0.4 is 10.5 Å². The molecule has 0 saturated heterocycles. The van der Waals surface area contributed by atoms with Crippen molar-refractivity contribution >= 4 is 5.84 Å². The van der Waals surface area contributed by atoms with Crippen LogP contribution in [0.2, 0.25) is 0 Å². The van der Waals surface area contributed by atoms with Gasteiger partial charge in [-0.05, 0) is 31.9 Å². The molecule has 0 unspecified atom stereocenters. The highest BCUT2D eigenvalue weighted by molar-refractivity contribution is 5.79. The Bertz CT molecular complexity index is 333. The van der Waals surface area contributed by atoms with E-state index < -0.39 is 0 Å². The molecule has 0 amide bonds. The van der Waals surface area contributed by atoms with Gasteiger partial charge in [0.05, 0.1) is 6.61 Å². The molecule has 1 aromatic rings. The number of nitrogens with two attached hydrogens (primary N) is 1. The van der Waals surface area contributed by atoms with Gasteiger partial charge in [0.25, 0.3) is 0 Å². The maximum Gasteiger partial charge on any atom is 0.139 e. The van der Waals surface area contributed by atoms with Crippen molar-refractivity contribution in [1.82, 2.24) is 0 Å². The van der Waals surface area contributed by atoms with Crippen molar-refractivity contribution in [2.45, 2.75) is 26.2 Å². The summed E-state index contributed by atoms with van der Waals surface area (Å²) in [6, 6.07) is 7.95. The van der Waals surface area contributed by atoms with Gasteiger partial charge < -0.3 is 15.7 Å². The molecular weight excluding hydrogens is 204 g/mol. The van der Waals surface area contributed by atoms with Gasteiger partial charge in [0.2, 0.25) is 0 Å². The summed E-state index contributed by atoms with van der Waals surface area (Å²) in [7, 11) is 0. The Morgan fingerprint density at radius 2 is 2.00 bits per heavy atom. The standard InChI is InChI=1S/C12H18N2O2/c1-10-5-7-11(8-6-10)16-9-3-2-4-12(13)14-15/h5-8,15H,2-4,9H2,1H3,(H2,13,14). The Morgan fingerprint density at radius 1 is 1.31 bits per heavy atom. The molecule has 0 aliphatic heterocycles. The lowest BCUT2D eigenvalue weighted by atomic mass is 10.2. The predicted octanol–water partition coefficient (Wildman–Crippen LogP) is 2.29. The van der Waals surface area contributed by atoms with Crippen LogP contribution in [0, 0.1) is 6.92 Å². The van der Waals surface area contributed by atoms with Gasteiger partial charge in [0.1, 0.15) is 11.6 Å². The third-order valence-corrected chi connectivity index (χ3v) is 2.25. The molecule has 88 valence electrons. The number of hydrogen-bond acceptors (Lipinski definition) is 3. The SMILES string of the molecule is Cc1ccc(OCCCC/C(N)=N/O)cc1. The smallest absolute Gasteiger partial charge is 0.139 e. The lowest BCUT2D eigenvalue weighted by molar-refractivity contribution is 0.304. The van der Waals surface area contributed by atoms with Gasteiger partial charge >= 0.3 is 0 Å². The largest absolute Gasteiger partial charge is 0.494 e. The normalized spacial score (nSPS) is 11.4. The van der Waals surface area contributed by atoms with Gasteiger partial charge in [-0.25, -0.2) is 0 Å². The maximum atomic E-state index is 8.33. The molecule has 3 N–H and O–H groups in total. The molecule has 0 fully saturated rings. The molecule has 0 aliphatic rings. The number of benzene rings is 1. The number of aryl methyl sites for hydroxylation is 1. The molecule has 1 rings (SSSR count). The average molecular weight is 222 g/mol. The maximum absolute atomic E-state index is 8.33. The molecule has 4 nitrogen and oxygen atoms in total. The van der Waals surface area contributed by atoms with E-state index in [0.717, 1.165) is 18.6 Å². The number of ether oxygens (including phenoxy) is 1. The van der Waals surface area contributed by atoms with Crippen LogP contribution in [0.1, 0.15) is 24.8 Å². The lowest BCUT2D eigenvalue weighted by Gasteiger charge is -2.05. The zero-order chi connectivity index (χ0) is 11.8. The molecule has 0 atom stereocenters. The second kappa shape index (κ2) is 6.71. The molecule has 0 radical (unpaired) electrons. The number of unbranched alkanes of at least 4 members (excludes halogenated alkanes) is 1. The van der Waals surface area contributed by atoms with Crippen molar-refractivity contribution in [1.29, 1.82) is 0 Å². The second-order valence-electron chi connectivity index (χ2n) is 3.71. The number of oxime groups is 1. The molecule has 1 aromatic carbocycles. The number of amidine groups is 1. The Morgan fingerprint density at radius 3 is 2.62 bits per heavy atom. The van der Waals surface area contributed by atoms with Crippen LogP contribution in [0.3, 0.4) is 0 Å². The fraction of sp³-hybridized carbons (Fsp3) is 0.417. The molecular formula is C12H18N2O2. The Kier molecular flexibility index (Phi) is 5.19. The molecule has 0 bridgehead atoms. The highest BCUT2D eigenvalue weighted by Gasteiger charge is 1.95. The Hall–Kier alpha value is -1.71. The quantitative estimate of drug-likeness (QED) is 0.255. The average Bonchev–Trinajstić information content (AvgIpc) is 2.31. The van der Waals surface area contributed by atoms with Gasteiger partial charge in [-0.1, -0.05) is 22.9 Å². The first-order chi connectivity index (χ1) is 7.72. The summed E-state index contributed by atoms with van der Waals surface area (Å²) in [5, 5.41) is 11.2.